The number of carboxylic acids is 1. The van der Waals surface area contributed by atoms with Gasteiger partial charge in [-0.1, -0.05) is 0 Å². The van der Waals surface area contributed by atoms with Crippen LogP contribution >= 0.6 is 0 Å². The van der Waals surface area contributed by atoms with Crippen LogP contribution in [0.2, 0.25) is 0 Å². The highest BCUT2D eigenvalue weighted by atomic mass is 19.1. The average Bonchev–Trinajstić information content (AvgIpc) is 2.31. The maximum Gasteiger partial charge on any atom is 0.354 e. The van der Waals surface area contributed by atoms with Crippen LogP contribution in [0.3, 0.4) is 0 Å². The van der Waals surface area contributed by atoms with Crippen LogP contribution in [0.15, 0.2) is 12.3 Å². The highest BCUT2D eigenvalue weighted by Gasteiger charge is 2.20. The van der Waals surface area contributed by atoms with Crippen molar-refractivity contribution in [1.29, 1.82) is 0 Å². The fourth-order valence-electron chi connectivity index (χ4n) is 0.996. The van der Waals surface area contributed by atoms with E-state index in [4.69, 9.17) is 5.11 Å². The molecule has 0 atom stereocenters. The van der Waals surface area contributed by atoms with E-state index in [0.29, 0.717) is 0 Å². The SMILES string of the molecule is CC(C)(F)Cn1nccc1C(=O)O. The van der Waals surface area contributed by atoms with E-state index >= 15 is 0 Å². The quantitative estimate of drug-likeness (QED) is 0.774. The third kappa shape index (κ3) is 2.54. The second-order valence-corrected chi connectivity index (χ2v) is 3.40. The lowest BCUT2D eigenvalue weighted by Gasteiger charge is -2.14. The van der Waals surface area contributed by atoms with Crippen molar-refractivity contribution in [3.63, 3.8) is 0 Å². The Kier molecular flexibility index (Phi) is 2.36. The van der Waals surface area contributed by atoms with Crippen molar-refractivity contribution in [3.05, 3.63) is 18.0 Å². The molecule has 0 bridgehead atoms. The molecule has 72 valence electrons. The molecule has 1 heterocycles. The van der Waals surface area contributed by atoms with E-state index in [1.165, 1.54) is 26.1 Å². The second-order valence-electron chi connectivity index (χ2n) is 3.40. The van der Waals surface area contributed by atoms with E-state index in [1.807, 2.05) is 0 Å². The van der Waals surface area contributed by atoms with Gasteiger partial charge in [-0.15, -0.1) is 0 Å². The Labute approximate surface area is 75.0 Å². The number of alkyl halides is 1. The van der Waals surface area contributed by atoms with Crippen molar-refractivity contribution in [3.8, 4) is 0 Å². The maximum atomic E-state index is 13.1. The molecule has 0 aliphatic carbocycles. The first-order chi connectivity index (χ1) is 5.90. The smallest absolute Gasteiger partial charge is 0.354 e. The van der Waals surface area contributed by atoms with Crippen molar-refractivity contribution >= 4 is 5.97 Å². The van der Waals surface area contributed by atoms with Gasteiger partial charge in [0.2, 0.25) is 0 Å². The summed E-state index contributed by atoms with van der Waals surface area (Å²) >= 11 is 0. The molecule has 1 N–H and O–H groups in total. The molecule has 0 saturated carbocycles. The van der Waals surface area contributed by atoms with Gasteiger partial charge in [-0.3, -0.25) is 4.68 Å². The predicted octanol–water partition coefficient (Wildman–Crippen LogP) is 1.33. The van der Waals surface area contributed by atoms with Gasteiger partial charge in [0.25, 0.3) is 0 Å². The Morgan fingerprint density at radius 1 is 1.77 bits per heavy atom. The molecule has 0 fully saturated rings. The van der Waals surface area contributed by atoms with Crippen molar-refractivity contribution in [1.82, 2.24) is 9.78 Å². The summed E-state index contributed by atoms with van der Waals surface area (Å²) in [4.78, 5) is 10.6. The number of carbonyl (C=O) groups is 1. The van der Waals surface area contributed by atoms with Gasteiger partial charge in [-0.05, 0) is 19.9 Å². The molecular weight excluding hydrogens is 175 g/mol. The van der Waals surface area contributed by atoms with Crippen LogP contribution in [0.1, 0.15) is 24.3 Å². The van der Waals surface area contributed by atoms with Crippen LogP contribution in [0.5, 0.6) is 0 Å². The number of nitrogens with zero attached hydrogens (tertiary/aromatic N) is 2. The monoisotopic (exact) mass is 186 g/mol. The van der Waals surface area contributed by atoms with Crippen LogP contribution < -0.4 is 0 Å². The summed E-state index contributed by atoms with van der Waals surface area (Å²) in [5.41, 5.74) is -1.46. The molecule has 5 heteroatoms. The zero-order valence-electron chi connectivity index (χ0n) is 7.49. The Morgan fingerprint density at radius 3 is 2.85 bits per heavy atom. The molecule has 0 unspecified atom stereocenters. The highest BCUT2D eigenvalue weighted by Crippen LogP contribution is 2.12. The van der Waals surface area contributed by atoms with E-state index in [-0.39, 0.29) is 12.2 Å². The minimum atomic E-state index is -1.46. The number of aromatic nitrogens is 2. The molecule has 0 amide bonds. The molecule has 1 aromatic rings. The summed E-state index contributed by atoms with van der Waals surface area (Å²) in [7, 11) is 0. The van der Waals surface area contributed by atoms with Gasteiger partial charge in [-0.25, -0.2) is 9.18 Å². The van der Waals surface area contributed by atoms with Crippen LogP contribution in [0.4, 0.5) is 4.39 Å². The number of aromatic carboxylic acids is 1. The van der Waals surface area contributed by atoms with E-state index < -0.39 is 11.6 Å². The number of rotatable bonds is 3. The standard InChI is InChI=1S/C8H11FN2O2/c1-8(2,9)5-11-6(7(12)13)3-4-10-11/h3-4H,5H2,1-2H3,(H,12,13). The molecule has 0 saturated heterocycles. The van der Waals surface area contributed by atoms with Crippen molar-refractivity contribution in [2.24, 2.45) is 0 Å². The fraction of sp³-hybridized carbons (Fsp3) is 0.500. The first-order valence-electron chi connectivity index (χ1n) is 3.84. The maximum absolute atomic E-state index is 13.1. The largest absolute Gasteiger partial charge is 0.477 e. The Morgan fingerprint density at radius 2 is 2.38 bits per heavy atom. The normalized spacial score (nSPS) is 11.6. The zero-order chi connectivity index (χ0) is 10.1. The summed E-state index contributed by atoms with van der Waals surface area (Å²) < 4.78 is 14.3. The lowest BCUT2D eigenvalue weighted by Crippen LogP contribution is -2.24. The summed E-state index contributed by atoms with van der Waals surface area (Å²) in [6.07, 6.45) is 1.34. The van der Waals surface area contributed by atoms with Gasteiger partial charge >= 0.3 is 5.97 Å². The summed E-state index contributed by atoms with van der Waals surface area (Å²) in [6, 6.07) is 1.34. The van der Waals surface area contributed by atoms with Gasteiger partial charge in [0.1, 0.15) is 11.4 Å². The molecule has 13 heavy (non-hydrogen) atoms. The third-order valence-electron chi connectivity index (χ3n) is 1.46. The van der Waals surface area contributed by atoms with Crippen molar-refractivity contribution in [2.75, 3.05) is 0 Å². The van der Waals surface area contributed by atoms with Gasteiger partial charge in [0.15, 0.2) is 0 Å². The molecule has 0 aliphatic heterocycles. The Hall–Kier alpha value is -1.39. The van der Waals surface area contributed by atoms with Gasteiger partial charge in [-0.2, -0.15) is 5.10 Å². The van der Waals surface area contributed by atoms with Crippen molar-refractivity contribution in [2.45, 2.75) is 26.1 Å². The molecule has 0 spiro atoms. The topological polar surface area (TPSA) is 55.1 Å². The molecule has 1 rings (SSSR count). The van der Waals surface area contributed by atoms with E-state index in [1.54, 1.807) is 0 Å². The summed E-state index contributed by atoms with van der Waals surface area (Å²) in [5.74, 6) is -1.10. The summed E-state index contributed by atoms with van der Waals surface area (Å²) in [6.45, 7) is 2.70. The number of hydrogen-bond donors (Lipinski definition) is 1. The lowest BCUT2D eigenvalue weighted by molar-refractivity contribution is 0.0677. The predicted molar refractivity (Wildman–Crippen MR) is 44.4 cm³/mol. The molecular formula is C8H11FN2O2. The number of hydrogen-bond acceptors (Lipinski definition) is 2. The van der Waals surface area contributed by atoms with E-state index in [2.05, 4.69) is 5.10 Å². The zero-order valence-corrected chi connectivity index (χ0v) is 7.49. The molecule has 1 aromatic heterocycles. The van der Waals surface area contributed by atoms with Crippen LogP contribution in [0, 0.1) is 0 Å². The Balaban J connectivity index is 2.89. The van der Waals surface area contributed by atoms with Gasteiger partial charge in [0, 0.05) is 6.20 Å². The summed E-state index contributed by atoms with van der Waals surface area (Å²) in [5, 5.41) is 12.4. The van der Waals surface area contributed by atoms with Gasteiger partial charge < -0.3 is 5.11 Å². The van der Waals surface area contributed by atoms with Gasteiger partial charge in [0.05, 0.1) is 6.54 Å². The molecule has 0 radical (unpaired) electrons. The average molecular weight is 186 g/mol. The second kappa shape index (κ2) is 3.16. The van der Waals surface area contributed by atoms with Crippen LogP contribution in [0.25, 0.3) is 0 Å². The number of carboxylic acid groups (broad SMARTS) is 1. The fourth-order valence-corrected chi connectivity index (χ4v) is 0.996. The highest BCUT2D eigenvalue weighted by molar-refractivity contribution is 5.85. The van der Waals surface area contributed by atoms with Crippen LogP contribution in [-0.4, -0.2) is 26.5 Å². The van der Waals surface area contributed by atoms with Crippen molar-refractivity contribution < 1.29 is 14.3 Å². The minimum Gasteiger partial charge on any atom is -0.477 e. The lowest BCUT2D eigenvalue weighted by atomic mass is 10.2. The number of halogens is 1. The Bertz CT molecular complexity index is 314. The minimum absolute atomic E-state index is 0.00530. The molecule has 0 aliphatic rings. The van der Waals surface area contributed by atoms with E-state index in [9.17, 15) is 9.18 Å². The first-order valence-corrected chi connectivity index (χ1v) is 3.84. The van der Waals surface area contributed by atoms with E-state index in [0.717, 1.165) is 4.68 Å². The third-order valence-corrected chi connectivity index (χ3v) is 1.46. The molecule has 4 nitrogen and oxygen atoms in total. The van der Waals surface area contributed by atoms with Crippen LogP contribution in [-0.2, 0) is 6.54 Å². The first kappa shape index (κ1) is 9.70. The molecule has 0 aromatic carbocycles.